The molecule has 1 N–H and O–H groups in total. The van der Waals surface area contributed by atoms with Gasteiger partial charge in [0.1, 0.15) is 17.9 Å². The van der Waals surface area contributed by atoms with Crippen molar-refractivity contribution in [2.24, 2.45) is 0 Å². The zero-order valence-corrected chi connectivity index (χ0v) is 28.8. The SMILES string of the molecule is O=C1NC(=O)N(c2cc3c4c(c2)[C@H](c2ccccc2)CCN4CC[C@@H]3c2ccccc2)C(=O)/C1=C/c1ccc(OCc2ccccc2)c(Br)c1. The number of nitrogens with zero attached hydrogens (tertiary/aromatic N) is 2. The molecule has 0 aromatic heterocycles. The normalized spacial score (nSPS) is 19.3. The number of anilines is 2. The second-order valence-electron chi connectivity index (χ2n) is 12.9. The van der Waals surface area contributed by atoms with Gasteiger partial charge >= 0.3 is 6.03 Å². The fourth-order valence-corrected chi connectivity index (χ4v) is 8.00. The summed E-state index contributed by atoms with van der Waals surface area (Å²) in [5.74, 6) is -0.579. The van der Waals surface area contributed by atoms with Crippen LogP contribution in [0.25, 0.3) is 6.08 Å². The first-order valence-corrected chi connectivity index (χ1v) is 17.6. The molecule has 7 nitrogen and oxygen atoms in total. The highest BCUT2D eigenvalue weighted by molar-refractivity contribution is 9.10. The highest BCUT2D eigenvalue weighted by Gasteiger charge is 2.40. The van der Waals surface area contributed by atoms with E-state index < -0.39 is 17.8 Å². The highest BCUT2D eigenvalue weighted by Crippen LogP contribution is 2.50. The third kappa shape index (κ3) is 6.00. The van der Waals surface area contributed by atoms with E-state index in [-0.39, 0.29) is 17.4 Å². The van der Waals surface area contributed by atoms with E-state index in [9.17, 15) is 14.4 Å². The van der Waals surface area contributed by atoms with Crippen molar-refractivity contribution in [2.75, 3.05) is 22.9 Å². The fourth-order valence-electron chi connectivity index (χ4n) is 7.49. The zero-order chi connectivity index (χ0) is 34.2. The number of barbiturate groups is 1. The van der Waals surface area contributed by atoms with E-state index >= 15 is 0 Å². The quantitative estimate of drug-likeness (QED) is 0.135. The van der Waals surface area contributed by atoms with Gasteiger partial charge in [-0.2, -0.15) is 0 Å². The summed E-state index contributed by atoms with van der Waals surface area (Å²) in [7, 11) is 0. The van der Waals surface area contributed by atoms with Gasteiger partial charge in [-0.05, 0) is 92.5 Å². The van der Waals surface area contributed by atoms with Crippen LogP contribution in [-0.2, 0) is 16.2 Å². The van der Waals surface area contributed by atoms with Crippen molar-refractivity contribution in [3.63, 3.8) is 0 Å². The van der Waals surface area contributed by atoms with Crippen LogP contribution >= 0.6 is 15.9 Å². The van der Waals surface area contributed by atoms with Gasteiger partial charge in [-0.25, -0.2) is 9.69 Å². The predicted octanol–water partition coefficient (Wildman–Crippen LogP) is 8.57. The molecule has 3 aliphatic rings. The lowest BCUT2D eigenvalue weighted by atomic mass is 9.76. The van der Waals surface area contributed by atoms with Gasteiger partial charge < -0.3 is 9.64 Å². The smallest absolute Gasteiger partial charge is 0.335 e. The molecule has 0 unspecified atom stereocenters. The summed E-state index contributed by atoms with van der Waals surface area (Å²) < 4.78 is 6.67. The minimum absolute atomic E-state index is 0.0928. The number of imide groups is 2. The first-order chi connectivity index (χ1) is 24.4. The number of amides is 4. The Labute approximate surface area is 299 Å². The third-order valence-corrected chi connectivity index (χ3v) is 10.5. The van der Waals surface area contributed by atoms with Crippen LogP contribution in [0.3, 0.4) is 0 Å². The van der Waals surface area contributed by atoms with Gasteiger partial charge in [0.2, 0.25) is 0 Å². The molecule has 8 rings (SSSR count). The number of halogens is 1. The van der Waals surface area contributed by atoms with Crippen LogP contribution in [0, 0.1) is 0 Å². The molecule has 4 amide bonds. The Balaban J connectivity index is 1.17. The Kier molecular flexibility index (Phi) is 8.54. The van der Waals surface area contributed by atoms with Crippen LogP contribution in [-0.4, -0.2) is 30.9 Å². The zero-order valence-electron chi connectivity index (χ0n) is 27.2. The maximum Gasteiger partial charge on any atom is 0.335 e. The van der Waals surface area contributed by atoms with Crippen LogP contribution in [0.2, 0.25) is 0 Å². The molecule has 5 aromatic carbocycles. The van der Waals surface area contributed by atoms with Crippen LogP contribution in [0.5, 0.6) is 5.75 Å². The van der Waals surface area contributed by atoms with Gasteiger partial charge in [-0.15, -0.1) is 0 Å². The predicted molar refractivity (Wildman–Crippen MR) is 198 cm³/mol. The van der Waals surface area contributed by atoms with Crippen LogP contribution in [0.4, 0.5) is 16.2 Å². The standard InChI is InChI=1S/C42H34BrN3O4/c43-37-23-28(16-17-38(37)50-26-27-10-4-1-5-11-27)22-36-40(47)44-42(49)46(41(36)48)31-24-34-32(29-12-6-2-7-13-29)18-20-45-21-19-33(35(25-31)39(34)45)30-14-8-3-9-15-30/h1-17,22-25,32-33H,18-21,26H2,(H,44,47,49)/b36-22+/t32-,33+. The molecule has 1 saturated heterocycles. The number of nitrogens with one attached hydrogen (secondary N) is 1. The average molecular weight is 725 g/mol. The number of hydrogen-bond donors (Lipinski definition) is 1. The number of benzene rings is 5. The first-order valence-electron chi connectivity index (χ1n) is 16.8. The molecule has 5 aromatic rings. The average Bonchev–Trinajstić information content (AvgIpc) is 3.14. The molecule has 248 valence electrons. The topological polar surface area (TPSA) is 79.0 Å². The molecule has 0 aliphatic carbocycles. The van der Waals surface area contributed by atoms with E-state index in [1.807, 2.05) is 54.6 Å². The second-order valence-corrected chi connectivity index (χ2v) is 13.7. The molecular weight excluding hydrogens is 690 g/mol. The molecule has 0 spiro atoms. The van der Waals surface area contributed by atoms with E-state index in [0.717, 1.165) is 47.5 Å². The molecule has 0 radical (unpaired) electrons. The van der Waals surface area contributed by atoms with Gasteiger partial charge in [0.25, 0.3) is 11.8 Å². The van der Waals surface area contributed by atoms with Crippen molar-refractivity contribution >= 4 is 51.2 Å². The summed E-state index contributed by atoms with van der Waals surface area (Å²) in [4.78, 5) is 44.6. The molecule has 50 heavy (non-hydrogen) atoms. The van der Waals surface area contributed by atoms with Crippen molar-refractivity contribution in [3.8, 4) is 5.75 Å². The number of carbonyl (C=O) groups is 3. The molecule has 3 aliphatic heterocycles. The van der Waals surface area contributed by atoms with E-state index in [2.05, 4.69) is 74.7 Å². The van der Waals surface area contributed by atoms with Crippen molar-refractivity contribution in [3.05, 3.63) is 165 Å². The summed E-state index contributed by atoms with van der Waals surface area (Å²) in [5, 5.41) is 2.43. The van der Waals surface area contributed by atoms with Gasteiger partial charge in [-0.3, -0.25) is 14.9 Å². The minimum Gasteiger partial charge on any atom is -0.488 e. The Morgan fingerprint density at radius 3 is 1.90 bits per heavy atom. The van der Waals surface area contributed by atoms with Crippen molar-refractivity contribution in [2.45, 2.75) is 31.3 Å². The highest BCUT2D eigenvalue weighted by atomic mass is 79.9. The minimum atomic E-state index is -0.758. The Bertz CT molecular complexity index is 2060. The molecule has 2 atom stereocenters. The van der Waals surface area contributed by atoms with Gasteiger partial charge in [-0.1, -0.05) is 97.1 Å². The number of hydrogen-bond acceptors (Lipinski definition) is 5. The largest absolute Gasteiger partial charge is 0.488 e. The Morgan fingerprint density at radius 2 is 1.32 bits per heavy atom. The molecule has 0 saturated carbocycles. The van der Waals surface area contributed by atoms with E-state index in [1.54, 1.807) is 18.2 Å². The first kappa shape index (κ1) is 31.8. The lowest BCUT2D eigenvalue weighted by Gasteiger charge is -2.44. The molecule has 1 fully saturated rings. The lowest BCUT2D eigenvalue weighted by Crippen LogP contribution is -2.54. The number of carbonyl (C=O) groups excluding carboxylic acids is 3. The fraction of sp³-hybridized carbons (Fsp3) is 0.167. The van der Waals surface area contributed by atoms with Gasteiger partial charge in [0.15, 0.2) is 0 Å². The Morgan fingerprint density at radius 1 is 0.740 bits per heavy atom. The third-order valence-electron chi connectivity index (χ3n) is 9.86. The summed E-state index contributed by atoms with van der Waals surface area (Å²) in [6.07, 6.45) is 3.35. The van der Waals surface area contributed by atoms with E-state index in [4.69, 9.17) is 4.74 Å². The van der Waals surface area contributed by atoms with E-state index in [1.165, 1.54) is 22.9 Å². The van der Waals surface area contributed by atoms with Crippen LogP contribution < -0.4 is 19.9 Å². The van der Waals surface area contributed by atoms with Crippen LogP contribution in [0.15, 0.2) is 131 Å². The monoisotopic (exact) mass is 723 g/mol. The number of rotatable bonds is 7. The lowest BCUT2D eigenvalue weighted by molar-refractivity contribution is -0.122. The number of urea groups is 1. The molecular formula is C42H34BrN3O4. The summed E-state index contributed by atoms with van der Waals surface area (Å²) in [6, 6.07) is 39.2. The van der Waals surface area contributed by atoms with Gasteiger partial charge in [0, 0.05) is 30.6 Å². The van der Waals surface area contributed by atoms with E-state index in [0.29, 0.717) is 28.1 Å². The Hall–Kier alpha value is -5.47. The summed E-state index contributed by atoms with van der Waals surface area (Å²) in [6.45, 7) is 2.25. The maximum absolute atomic E-state index is 14.2. The van der Waals surface area contributed by atoms with Crippen molar-refractivity contribution in [1.29, 1.82) is 0 Å². The molecule has 3 heterocycles. The molecule has 0 bridgehead atoms. The summed E-state index contributed by atoms with van der Waals surface area (Å²) in [5.41, 5.74) is 7.74. The van der Waals surface area contributed by atoms with Crippen molar-refractivity contribution < 1.29 is 19.1 Å². The molecule has 8 heteroatoms. The van der Waals surface area contributed by atoms with Crippen molar-refractivity contribution in [1.82, 2.24) is 5.32 Å². The maximum atomic E-state index is 14.2. The number of ether oxygens (including phenoxy) is 1. The van der Waals surface area contributed by atoms with Crippen LogP contribution in [0.1, 0.15) is 58.1 Å². The van der Waals surface area contributed by atoms with Gasteiger partial charge in [0.05, 0.1) is 10.2 Å². The summed E-state index contributed by atoms with van der Waals surface area (Å²) >= 11 is 3.58. The second kappa shape index (κ2) is 13.4.